The minimum atomic E-state index is -0.0974. The van der Waals surface area contributed by atoms with E-state index in [1.807, 2.05) is 0 Å². The normalized spacial score (nSPS) is 32.2. The van der Waals surface area contributed by atoms with Crippen molar-refractivity contribution < 1.29 is 5.11 Å². The van der Waals surface area contributed by atoms with E-state index in [0.29, 0.717) is 18.0 Å². The number of rotatable bonds is 2. The topological polar surface area (TPSA) is 23.5 Å². The minimum Gasteiger partial charge on any atom is -0.392 e. The van der Waals surface area contributed by atoms with Crippen molar-refractivity contribution in [1.29, 1.82) is 0 Å². The number of hydrogen-bond donors (Lipinski definition) is 1. The van der Waals surface area contributed by atoms with Crippen molar-refractivity contribution >= 4 is 0 Å². The fourth-order valence-corrected chi connectivity index (χ4v) is 2.12. The molecule has 12 heavy (non-hydrogen) atoms. The Kier molecular flexibility index (Phi) is 3.13. The van der Waals surface area contributed by atoms with E-state index in [4.69, 9.17) is 0 Å². The molecule has 0 aromatic rings. The van der Waals surface area contributed by atoms with Crippen molar-refractivity contribution in [3.05, 3.63) is 0 Å². The van der Waals surface area contributed by atoms with Gasteiger partial charge in [-0.3, -0.25) is 4.90 Å². The number of aliphatic hydroxyl groups is 1. The Bertz CT molecular complexity index is 129. The summed E-state index contributed by atoms with van der Waals surface area (Å²) in [6.07, 6.45) is 0.857. The van der Waals surface area contributed by atoms with Crippen LogP contribution in [0.25, 0.3) is 0 Å². The Hall–Kier alpha value is -0.0800. The lowest BCUT2D eigenvalue weighted by Crippen LogP contribution is -2.38. The molecular formula is C10H21NO. The Balaban J connectivity index is 2.59. The molecule has 1 heterocycles. The number of nitrogens with zero attached hydrogens (tertiary/aromatic N) is 1. The van der Waals surface area contributed by atoms with E-state index in [0.717, 1.165) is 13.0 Å². The number of likely N-dealkylation sites (tertiary alicyclic amines) is 1. The summed E-state index contributed by atoms with van der Waals surface area (Å²) in [5.74, 6) is 0.657. The highest BCUT2D eigenvalue weighted by Gasteiger charge is 2.33. The first kappa shape index (κ1) is 10.0. The van der Waals surface area contributed by atoms with E-state index >= 15 is 0 Å². The van der Waals surface area contributed by atoms with Crippen LogP contribution in [-0.2, 0) is 0 Å². The molecule has 2 heteroatoms. The quantitative estimate of drug-likeness (QED) is 0.680. The van der Waals surface area contributed by atoms with E-state index in [2.05, 4.69) is 32.6 Å². The maximum Gasteiger partial charge on any atom is 0.0682 e. The molecule has 1 N–H and O–H groups in total. The fraction of sp³-hybridized carbons (Fsp3) is 1.00. The Morgan fingerprint density at radius 1 is 1.25 bits per heavy atom. The van der Waals surface area contributed by atoms with E-state index in [-0.39, 0.29) is 6.10 Å². The van der Waals surface area contributed by atoms with Gasteiger partial charge in [0.1, 0.15) is 0 Å². The highest BCUT2D eigenvalue weighted by molar-refractivity contribution is 4.88. The van der Waals surface area contributed by atoms with Crippen LogP contribution < -0.4 is 0 Å². The average Bonchev–Trinajstić information content (AvgIpc) is 2.31. The highest BCUT2D eigenvalue weighted by atomic mass is 16.3. The van der Waals surface area contributed by atoms with Gasteiger partial charge < -0.3 is 5.11 Å². The van der Waals surface area contributed by atoms with Crippen molar-refractivity contribution in [2.24, 2.45) is 5.92 Å². The van der Waals surface area contributed by atoms with Crippen molar-refractivity contribution in [1.82, 2.24) is 4.90 Å². The van der Waals surface area contributed by atoms with Gasteiger partial charge >= 0.3 is 0 Å². The van der Waals surface area contributed by atoms with Gasteiger partial charge in [-0.25, -0.2) is 0 Å². The van der Waals surface area contributed by atoms with Crippen LogP contribution in [0.4, 0.5) is 0 Å². The Labute approximate surface area is 75.6 Å². The lowest BCUT2D eigenvalue weighted by molar-refractivity contribution is 0.148. The molecule has 0 bridgehead atoms. The van der Waals surface area contributed by atoms with Crippen LogP contribution in [0.15, 0.2) is 0 Å². The van der Waals surface area contributed by atoms with E-state index < -0.39 is 0 Å². The predicted molar refractivity (Wildman–Crippen MR) is 51.1 cm³/mol. The van der Waals surface area contributed by atoms with Gasteiger partial charge in [0.25, 0.3) is 0 Å². The van der Waals surface area contributed by atoms with Gasteiger partial charge in [-0.2, -0.15) is 0 Å². The summed E-state index contributed by atoms with van der Waals surface area (Å²) in [4.78, 5) is 2.41. The molecule has 1 aliphatic heterocycles. The first-order chi connectivity index (χ1) is 5.52. The van der Waals surface area contributed by atoms with Crippen LogP contribution in [0.3, 0.4) is 0 Å². The zero-order valence-electron chi connectivity index (χ0n) is 8.62. The standard InChI is InChI=1S/C10H21NO/c1-7(2)10-5-9(12)6-11(10)8(3)4/h7-10,12H,5-6H2,1-4H3/t9-,10+/m0/s1. The number of β-amino-alcohol motifs (C(OH)–C–C–N with tert-alkyl or cyclic N) is 1. The maximum absolute atomic E-state index is 9.53. The van der Waals surface area contributed by atoms with Crippen LogP contribution in [0.2, 0.25) is 0 Å². The molecule has 1 rings (SSSR count). The Morgan fingerprint density at radius 2 is 1.83 bits per heavy atom. The van der Waals surface area contributed by atoms with Crippen LogP contribution >= 0.6 is 0 Å². The first-order valence-electron chi connectivity index (χ1n) is 4.96. The fourth-order valence-electron chi connectivity index (χ4n) is 2.12. The third-order valence-corrected chi connectivity index (χ3v) is 2.79. The lowest BCUT2D eigenvalue weighted by Gasteiger charge is -2.30. The monoisotopic (exact) mass is 171 g/mol. The molecule has 0 amide bonds. The molecular weight excluding hydrogens is 150 g/mol. The molecule has 0 aromatic heterocycles. The first-order valence-corrected chi connectivity index (χ1v) is 4.96. The summed E-state index contributed by atoms with van der Waals surface area (Å²) in [5.41, 5.74) is 0. The lowest BCUT2D eigenvalue weighted by atomic mass is 10.0. The smallest absolute Gasteiger partial charge is 0.0682 e. The molecule has 1 fully saturated rings. The van der Waals surface area contributed by atoms with Crippen molar-refractivity contribution in [2.75, 3.05) is 6.54 Å². The third kappa shape index (κ3) is 1.99. The summed E-state index contributed by atoms with van der Waals surface area (Å²) in [6.45, 7) is 9.73. The second kappa shape index (κ2) is 3.75. The van der Waals surface area contributed by atoms with Crippen LogP contribution in [-0.4, -0.2) is 34.7 Å². The van der Waals surface area contributed by atoms with Crippen LogP contribution in [0.5, 0.6) is 0 Å². The summed E-state index contributed by atoms with van der Waals surface area (Å²) in [5, 5.41) is 9.53. The zero-order valence-corrected chi connectivity index (χ0v) is 8.62. The molecule has 1 aliphatic rings. The van der Waals surface area contributed by atoms with E-state index in [1.54, 1.807) is 0 Å². The average molecular weight is 171 g/mol. The summed E-state index contributed by atoms with van der Waals surface area (Å²) in [6, 6.07) is 1.15. The zero-order chi connectivity index (χ0) is 9.30. The van der Waals surface area contributed by atoms with Gasteiger partial charge in [0.15, 0.2) is 0 Å². The van der Waals surface area contributed by atoms with Crippen molar-refractivity contribution in [3.63, 3.8) is 0 Å². The molecule has 1 saturated heterocycles. The van der Waals surface area contributed by atoms with Gasteiger partial charge in [0.05, 0.1) is 6.10 Å². The second-order valence-electron chi connectivity index (χ2n) is 4.49. The molecule has 0 saturated carbocycles. The van der Waals surface area contributed by atoms with Crippen molar-refractivity contribution in [2.45, 2.75) is 52.3 Å². The van der Waals surface area contributed by atoms with Crippen LogP contribution in [0, 0.1) is 5.92 Å². The van der Waals surface area contributed by atoms with Crippen LogP contribution in [0.1, 0.15) is 34.1 Å². The molecule has 0 aromatic carbocycles. The largest absolute Gasteiger partial charge is 0.392 e. The van der Waals surface area contributed by atoms with Gasteiger partial charge in [0, 0.05) is 18.6 Å². The van der Waals surface area contributed by atoms with Gasteiger partial charge in [-0.15, -0.1) is 0 Å². The molecule has 0 aliphatic carbocycles. The minimum absolute atomic E-state index is 0.0974. The number of hydrogen-bond acceptors (Lipinski definition) is 2. The Morgan fingerprint density at radius 3 is 2.17 bits per heavy atom. The molecule has 0 spiro atoms. The van der Waals surface area contributed by atoms with Gasteiger partial charge in [-0.05, 0) is 26.2 Å². The molecule has 0 unspecified atom stereocenters. The van der Waals surface area contributed by atoms with E-state index in [9.17, 15) is 5.11 Å². The second-order valence-corrected chi connectivity index (χ2v) is 4.49. The van der Waals surface area contributed by atoms with Gasteiger partial charge in [0.2, 0.25) is 0 Å². The molecule has 2 atom stereocenters. The predicted octanol–water partition coefficient (Wildman–Crippen LogP) is 1.49. The number of aliphatic hydroxyl groups excluding tert-OH is 1. The molecule has 72 valence electrons. The molecule has 0 radical (unpaired) electrons. The summed E-state index contributed by atoms with van der Waals surface area (Å²) in [7, 11) is 0. The van der Waals surface area contributed by atoms with Crippen molar-refractivity contribution in [3.8, 4) is 0 Å². The summed E-state index contributed by atoms with van der Waals surface area (Å²) < 4.78 is 0. The molecule has 2 nitrogen and oxygen atoms in total. The SMILES string of the molecule is CC(C)[C@H]1C[C@H](O)CN1C(C)C. The van der Waals surface area contributed by atoms with E-state index in [1.165, 1.54) is 0 Å². The third-order valence-electron chi connectivity index (χ3n) is 2.79. The van der Waals surface area contributed by atoms with Gasteiger partial charge in [-0.1, -0.05) is 13.8 Å². The highest BCUT2D eigenvalue weighted by Crippen LogP contribution is 2.25. The maximum atomic E-state index is 9.53. The summed E-state index contributed by atoms with van der Waals surface area (Å²) >= 11 is 0.